The van der Waals surface area contributed by atoms with Crippen LogP contribution in [0, 0.1) is 0 Å². The second-order valence-electron chi connectivity index (χ2n) is 8.29. The Hall–Kier alpha value is -4.59. The number of aromatic nitrogens is 2. The summed E-state index contributed by atoms with van der Waals surface area (Å²) < 4.78 is 16.6. The van der Waals surface area contributed by atoms with E-state index in [1.54, 1.807) is 26.5 Å². The highest BCUT2D eigenvalue weighted by Gasteiger charge is 2.19. The maximum atomic E-state index is 13.2. The first-order valence-electron chi connectivity index (χ1n) is 11.9. The first-order chi connectivity index (χ1) is 18.1. The molecule has 0 aliphatic heterocycles. The monoisotopic (exact) mass is 498 g/mol. The van der Waals surface area contributed by atoms with Gasteiger partial charge in [0.15, 0.2) is 0 Å². The number of nitrogens with zero attached hydrogens (tertiary/aromatic N) is 3. The standard InChI is InChI=1S/C29H30N4O4/c1-33(20-21-10-6-4-7-11-21)29-31-19-26(28(34)30-14-15-37-23-12-8-5-9-13-23)27(32-29)22-16-24(35-2)18-25(17-22)36-3/h4-13,16-19H,14-15,20H2,1-3H3,(H,30,34). The van der Waals surface area contributed by atoms with E-state index >= 15 is 0 Å². The van der Waals surface area contributed by atoms with Crippen LogP contribution < -0.4 is 24.4 Å². The largest absolute Gasteiger partial charge is 0.497 e. The van der Waals surface area contributed by atoms with Crippen molar-refractivity contribution in [1.82, 2.24) is 15.3 Å². The molecule has 8 nitrogen and oxygen atoms in total. The summed E-state index contributed by atoms with van der Waals surface area (Å²) >= 11 is 0. The van der Waals surface area contributed by atoms with Crippen LogP contribution in [0.2, 0.25) is 0 Å². The number of carbonyl (C=O) groups excluding carboxylic acids is 1. The van der Waals surface area contributed by atoms with Gasteiger partial charge in [-0.15, -0.1) is 0 Å². The molecule has 0 bridgehead atoms. The normalized spacial score (nSPS) is 10.5. The average Bonchev–Trinajstić information content (AvgIpc) is 2.95. The molecule has 0 spiro atoms. The maximum absolute atomic E-state index is 13.2. The van der Waals surface area contributed by atoms with Gasteiger partial charge in [0.2, 0.25) is 5.95 Å². The van der Waals surface area contributed by atoms with Crippen LogP contribution in [0.5, 0.6) is 17.2 Å². The van der Waals surface area contributed by atoms with E-state index in [9.17, 15) is 4.79 Å². The molecule has 190 valence electrons. The fourth-order valence-electron chi connectivity index (χ4n) is 3.76. The highest BCUT2D eigenvalue weighted by atomic mass is 16.5. The zero-order valence-corrected chi connectivity index (χ0v) is 21.2. The van der Waals surface area contributed by atoms with E-state index in [2.05, 4.69) is 10.3 Å². The lowest BCUT2D eigenvalue weighted by Gasteiger charge is -2.19. The molecule has 4 rings (SSSR count). The molecule has 0 saturated heterocycles. The number of ether oxygens (including phenoxy) is 3. The zero-order chi connectivity index (χ0) is 26.0. The Morgan fingerprint density at radius 1 is 0.892 bits per heavy atom. The molecule has 4 aromatic rings. The van der Waals surface area contributed by atoms with Gasteiger partial charge in [0.25, 0.3) is 5.91 Å². The second-order valence-corrected chi connectivity index (χ2v) is 8.29. The van der Waals surface area contributed by atoms with Crippen molar-refractivity contribution in [3.63, 3.8) is 0 Å². The van der Waals surface area contributed by atoms with Crippen LogP contribution in [-0.4, -0.2) is 50.3 Å². The van der Waals surface area contributed by atoms with Crippen molar-refractivity contribution in [1.29, 1.82) is 0 Å². The van der Waals surface area contributed by atoms with E-state index in [1.807, 2.05) is 84.7 Å². The zero-order valence-electron chi connectivity index (χ0n) is 21.2. The smallest absolute Gasteiger partial charge is 0.255 e. The van der Waals surface area contributed by atoms with Crippen LogP contribution in [0.4, 0.5) is 5.95 Å². The van der Waals surface area contributed by atoms with Crippen molar-refractivity contribution in [3.05, 3.63) is 96.2 Å². The Balaban J connectivity index is 1.60. The van der Waals surface area contributed by atoms with Gasteiger partial charge in [-0.1, -0.05) is 48.5 Å². The molecule has 0 aliphatic rings. The molecule has 3 aromatic carbocycles. The Bertz CT molecular complexity index is 1290. The maximum Gasteiger partial charge on any atom is 0.255 e. The van der Waals surface area contributed by atoms with E-state index in [0.29, 0.717) is 54.0 Å². The SMILES string of the molecule is COc1cc(OC)cc(-c2nc(N(C)Cc3ccccc3)ncc2C(=O)NCCOc2ccccc2)c1. The minimum Gasteiger partial charge on any atom is -0.497 e. The van der Waals surface area contributed by atoms with E-state index < -0.39 is 0 Å². The van der Waals surface area contributed by atoms with Gasteiger partial charge in [0.1, 0.15) is 23.9 Å². The Morgan fingerprint density at radius 3 is 2.19 bits per heavy atom. The summed E-state index contributed by atoms with van der Waals surface area (Å²) in [5, 5.41) is 2.91. The van der Waals surface area contributed by atoms with Gasteiger partial charge >= 0.3 is 0 Å². The Kier molecular flexibility index (Phi) is 8.54. The van der Waals surface area contributed by atoms with Crippen molar-refractivity contribution in [2.24, 2.45) is 0 Å². The summed E-state index contributed by atoms with van der Waals surface area (Å²) in [5.41, 5.74) is 2.62. The summed E-state index contributed by atoms with van der Waals surface area (Å²) in [6.07, 6.45) is 1.55. The van der Waals surface area contributed by atoms with Crippen molar-refractivity contribution in [2.75, 3.05) is 39.3 Å². The van der Waals surface area contributed by atoms with E-state index in [-0.39, 0.29) is 5.91 Å². The Morgan fingerprint density at radius 2 is 1.54 bits per heavy atom. The summed E-state index contributed by atoms with van der Waals surface area (Å²) in [6.45, 7) is 1.27. The molecular formula is C29H30N4O4. The van der Waals surface area contributed by atoms with E-state index in [4.69, 9.17) is 19.2 Å². The third-order valence-electron chi connectivity index (χ3n) is 5.65. The van der Waals surface area contributed by atoms with Gasteiger partial charge in [0, 0.05) is 31.4 Å². The van der Waals surface area contributed by atoms with Crippen LogP contribution in [0.25, 0.3) is 11.3 Å². The fraction of sp³-hybridized carbons (Fsp3) is 0.207. The molecule has 0 aliphatic carbocycles. The lowest BCUT2D eigenvalue weighted by Crippen LogP contribution is -2.29. The molecule has 0 fully saturated rings. The number of carbonyl (C=O) groups is 1. The molecule has 0 radical (unpaired) electrons. The van der Waals surface area contributed by atoms with Crippen LogP contribution in [0.1, 0.15) is 15.9 Å². The molecule has 1 heterocycles. The summed E-state index contributed by atoms with van der Waals surface area (Å²) in [4.78, 5) is 24.4. The number of anilines is 1. The van der Waals surface area contributed by atoms with Gasteiger partial charge in [-0.3, -0.25) is 4.79 Å². The van der Waals surface area contributed by atoms with Crippen LogP contribution in [-0.2, 0) is 6.54 Å². The number of benzene rings is 3. The van der Waals surface area contributed by atoms with Crippen molar-refractivity contribution >= 4 is 11.9 Å². The number of rotatable bonds is 11. The number of para-hydroxylation sites is 1. The van der Waals surface area contributed by atoms with Gasteiger partial charge in [0.05, 0.1) is 32.0 Å². The molecule has 1 aromatic heterocycles. The fourth-order valence-corrected chi connectivity index (χ4v) is 3.76. The first kappa shape index (κ1) is 25.5. The topological polar surface area (TPSA) is 85.8 Å². The van der Waals surface area contributed by atoms with Gasteiger partial charge in [-0.2, -0.15) is 0 Å². The quantitative estimate of drug-likeness (QED) is 0.302. The van der Waals surface area contributed by atoms with Crippen LogP contribution in [0.3, 0.4) is 0 Å². The predicted molar refractivity (Wildman–Crippen MR) is 143 cm³/mol. The minimum atomic E-state index is -0.300. The number of hydrogen-bond donors (Lipinski definition) is 1. The summed E-state index contributed by atoms with van der Waals surface area (Å²) in [7, 11) is 5.08. The molecule has 0 saturated carbocycles. The van der Waals surface area contributed by atoms with Crippen molar-refractivity contribution in [3.8, 4) is 28.5 Å². The van der Waals surface area contributed by atoms with Gasteiger partial charge in [-0.05, 0) is 29.8 Å². The average molecular weight is 499 g/mol. The molecule has 37 heavy (non-hydrogen) atoms. The number of methoxy groups -OCH3 is 2. The molecule has 0 unspecified atom stereocenters. The van der Waals surface area contributed by atoms with Crippen LogP contribution in [0.15, 0.2) is 85.1 Å². The highest BCUT2D eigenvalue weighted by molar-refractivity contribution is 6.00. The van der Waals surface area contributed by atoms with Crippen molar-refractivity contribution in [2.45, 2.75) is 6.54 Å². The number of amides is 1. The van der Waals surface area contributed by atoms with E-state index in [1.165, 1.54) is 0 Å². The van der Waals surface area contributed by atoms with Gasteiger partial charge < -0.3 is 24.4 Å². The third kappa shape index (κ3) is 6.76. The molecular weight excluding hydrogens is 468 g/mol. The molecule has 8 heteroatoms. The lowest BCUT2D eigenvalue weighted by atomic mass is 10.1. The molecule has 1 N–H and O–H groups in total. The third-order valence-corrected chi connectivity index (χ3v) is 5.65. The summed E-state index contributed by atoms with van der Waals surface area (Å²) in [5.74, 6) is 2.12. The number of hydrogen-bond acceptors (Lipinski definition) is 7. The lowest BCUT2D eigenvalue weighted by molar-refractivity contribution is 0.0947. The molecule has 1 amide bonds. The first-order valence-corrected chi connectivity index (χ1v) is 11.9. The Labute approximate surface area is 216 Å². The van der Waals surface area contributed by atoms with Crippen molar-refractivity contribution < 1.29 is 19.0 Å². The minimum absolute atomic E-state index is 0.300. The van der Waals surface area contributed by atoms with Gasteiger partial charge in [-0.25, -0.2) is 9.97 Å². The predicted octanol–water partition coefficient (Wildman–Crippen LogP) is 4.61. The highest BCUT2D eigenvalue weighted by Crippen LogP contribution is 2.31. The second kappa shape index (κ2) is 12.4. The van der Waals surface area contributed by atoms with Crippen LogP contribution >= 0.6 is 0 Å². The molecule has 0 atom stereocenters. The number of nitrogens with one attached hydrogen (secondary N) is 1. The van der Waals surface area contributed by atoms with E-state index in [0.717, 1.165) is 11.3 Å². The summed E-state index contributed by atoms with van der Waals surface area (Å²) in [6, 6.07) is 24.9.